The molecule has 4 nitrogen and oxygen atoms in total. The third-order valence-electron chi connectivity index (χ3n) is 4.93. The number of aryl methyl sites for hydroxylation is 1. The molecule has 0 aromatic heterocycles. The van der Waals surface area contributed by atoms with Crippen molar-refractivity contribution in [2.75, 3.05) is 38.0 Å². The van der Waals surface area contributed by atoms with E-state index >= 15 is 0 Å². The summed E-state index contributed by atoms with van der Waals surface area (Å²) in [5.74, 6) is 1.10. The number of likely N-dealkylation sites (N-methyl/N-ethyl adjacent to an activating group) is 1. The summed E-state index contributed by atoms with van der Waals surface area (Å²) in [5, 5.41) is 3.57. The molecule has 0 radical (unpaired) electrons. The van der Waals surface area contributed by atoms with Crippen LogP contribution >= 0.6 is 0 Å². The molecule has 0 atom stereocenters. The molecular weight excluding hydrogens is 296 g/mol. The number of benzene rings is 2. The van der Waals surface area contributed by atoms with Crippen LogP contribution in [0.3, 0.4) is 0 Å². The molecule has 2 aliphatic heterocycles. The van der Waals surface area contributed by atoms with Gasteiger partial charge in [-0.15, -0.1) is 0 Å². The zero-order valence-electron chi connectivity index (χ0n) is 14.4. The summed E-state index contributed by atoms with van der Waals surface area (Å²) < 4.78 is 0. The summed E-state index contributed by atoms with van der Waals surface area (Å²) >= 11 is 0. The maximum Gasteiger partial charge on any atom is 0.138 e. The van der Waals surface area contributed by atoms with E-state index in [4.69, 9.17) is 4.99 Å². The summed E-state index contributed by atoms with van der Waals surface area (Å²) in [6.07, 6.45) is 0. The second kappa shape index (κ2) is 6.29. The van der Waals surface area contributed by atoms with Gasteiger partial charge >= 0.3 is 0 Å². The Morgan fingerprint density at radius 3 is 2.58 bits per heavy atom. The number of hydrogen-bond donors (Lipinski definition) is 1. The van der Waals surface area contributed by atoms with Gasteiger partial charge in [0.15, 0.2) is 0 Å². The van der Waals surface area contributed by atoms with Crippen molar-refractivity contribution in [2.45, 2.75) is 13.8 Å². The fourth-order valence-electron chi connectivity index (χ4n) is 3.47. The zero-order chi connectivity index (χ0) is 16.5. The molecule has 2 aromatic carbocycles. The number of fused-ring (bicyclic) bond motifs is 2. The number of aliphatic imine (C=N–C) groups is 1. The van der Waals surface area contributed by atoms with Crippen LogP contribution in [0.25, 0.3) is 0 Å². The lowest BCUT2D eigenvalue weighted by Gasteiger charge is -2.36. The highest BCUT2D eigenvalue weighted by Gasteiger charge is 2.24. The molecule has 2 heterocycles. The molecule has 4 heteroatoms. The van der Waals surface area contributed by atoms with Crippen LogP contribution in [0.2, 0.25) is 0 Å². The first-order valence-corrected chi connectivity index (χ1v) is 8.77. The minimum atomic E-state index is 1.01. The van der Waals surface area contributed by atoms with E-state index < -0.39 is 0 Å². The van der Waals surface area contributed by atoms with Crippen molar-refractivity contribution in [1.82, 2.24) is 9.80 Å². The largest absolute Gasteiger partial charge is 0.353 e. The number of anilines is 2. The van der Waals surface area contributed by atoms with Crippen LogP contribution in [0, 0.1) is 6.92 Å². The molecule has 0 spiro atoms. The molecule has 0 unspecified atom stereocenters. The molecule has 24 heavy (non-hydrogen) atoms. The maximum atomic E-state index is 5.06. The SMILES string of the molecule is CCN1CCN(C2=Nc3ccccc3Nc3ccc(C)cc32)CC1. The van der Waals surface area contributed by atoms with Crippen LogP contribution in [0.4, 0.5) is 17.1 Å². The lowest BCUT2D eigenvalue weighted by molar-refractivity contribution is 0.190. The van der Waals surface area contributed by atoms with Crippen molar-refractivity contribution < 1.29 is 0 Å². The Hall–Kier alpha value is -2.33. The van der Waals surface area contributed by atoms with Crippen molar-refractivity contribution in [3.8, 4) is 0 Å². The minimum absolute atomic E-state index is 1.01. The number of hydrogen-bond acceptors (Lipinski definition) is 4. The van der Waals surface area contributed by atoms with Gasteiger partial charge < -0.3 is 15.1 Å². The van der Waals surface area contributed by atoms with Gasteiger partial charge in [-0.2, -0.15) is 0 Å². The van der Waals surface area contributed by atoms with Gasteiger partial charge in [0.2, 0.25) is 0 Å². The topological polar surface area (TPSA) is 30.9 Å². The number of para-hydroxylation sites is 2. The average molecular weight is 320 g/mol. The predicted octanol–water partition coefficient (Wildman–Crippen LogP) is 3.77. The Balaban J connectivity index is 1.78. The first kappa shape index (κ1) is 15.2. The number of nitrogens with one attached hydrogen (secondary N) is 1. The van der Waals surface area contributed by atoms with Gasteiger partial charge in [0, 0.05) is 37.4 Å². The fraction of sp³-hybridized carbons (Fsp3) is 0.350. The molecule has 4 rings (SSSR count). The number of rotatable bonds is 1. The van der Waals surface area contributed by atoms with E-state index in [0.717, 1.165) is 55.6 Å². The van der Waals surface area contributed by atoms with Crippen LogP contribution in [0.5, 0.6) is 0 Å². The Labute approximate surface area is 143 Å². The molecular formula is C20H24N4. The summed E-state index contributed by atoms with van der Waals surface area (Å²) in [7, 11) is 0. The van der Waals surface area contributed by atoms with E-state index in [-0.39, 0.29) is 0 Å². The summed E-state index contributed by atoms with van der Waals surface area (Å²) in [6, 6.07) is 14.9. The second-order valence-corrected chi connectivity index (χ2v) is 6.55. The van der Waals surface area contributed by atoms with Gasteiger partial charge in [-0.1, -0.05) is 30.7 Å². The molecule has 124 valence electrons. The lowest BCUT2D eigenvalue weighted by atomic mass is 10.1. The first-order chi connectivity index (χ1) is 11.7. The molecule has 1 N–H and O–H groups in total. The van der Waals surface area contributed by atoms with Crippen LogP contribution in [-0.4, -0.2) is 48.4 Å². The second-order valence-electron chi connectivity index (χ2n) is 6.55. The predicted molar refractivity (Wildman–Crippen MR) is 101 cm³/mol. The number of amidine groups is 1. The van der Waals surface area contributed by atoms with Crippen molar-refractivity contribution in [2.24, 2.45) is 4.99 Å². The molecule has 1 saturated heterocycles. The van der Waals surface area contributed by atoms with Crippen molar-refractivity contribution in [3.63, 3.8) is 0 Å². The zero-order valence-corrected chi connectivity index (χ0v) is 14.4. The molecule has 1 fully saturated rings. The van der Waals surface area contributed by atoms with Crippen LogP contribution < -0.4 is 5.32 Å². The highest BCUT2D eigenvalue weighted by Crippen LogP contribution is 2.35. The van der Waals surface area contributed by atoms with Crippen LogP contribution in [0.1, 0.15) is 18.1 Å². The Kier molecular flexibility index (Phi) is 3.98. The molecule has 2 aromatic rings. The maximum absolute atomic E-state index is 5.06. The van der Waals surface area contributed by atoms with E-state index in [1.165, 1.54) is 11.1 Å². The van der Waals surface area contributed by atoms with Gasteiger partial charge in [-0.05, 0) is 37.7 Å². The smallest absolute Gasteiger partial charge is 0.138 e. The summed E-state index contributed by atoms with van der Waals surface area (Å²) in [6.45, 7) is 9.77. The van der Waals surface area contributed by atoms with Crippen LogP contribution in [-0.2, 0) is 0 Å². The van der Waals surface area contributed by atoms with E-state index in [1.54, 1.807) is 0 Å². The monoisotopic (exact) mass is 320 g/mol. The van der Waals surface area contributed by atoms with E-state index in [1.807, 2.05) is 0 Å². The highest BCUT2D eigenvalue weighted by molar-refractivity contribution is 6.07. The van der Waals surface area contributed by atoms with Gasteiger partial charge in [-0.3, -0.25) is 0 Å². The van der Waals surface area contributed by atoms with Gasteiger partial charge in [0.1, 0.15) is 5.84 Å². The number of piperazine rings is 1. The minimum Gasteiger partial charge on any atom is -0.353 e. The quantitative estimate of drug-likeness (QED) is 0.868. The fourth-order valence-corrected chi connectivity index (χ4v) is 3.47. The van der Waals surface area contributed by atoms with E-state index in [9.17, 15) is 0 Å². The van der Waals surface area contributed by atoms with Gasteiger partial charge in [0.25, 0.3) is 0 Å². The first-order valence-electron chi connectivity index (χ1n) is 8.77. The summed E-state index contributed by atoms with van der Waals surface area (Å²) in [4.78, 5) is 9.99. The van der Waals surface area contributed by atoms with E-state index in [0.29, 0.717) is 0 Å². The van der Waals surface area contributed by atoms with Crippen LogP contribution in [0.15, 0.2) is 47.5 Å². The molecule has 2 aliphatic rings. The lowest BCUT2D eigenvalue weighted by Crippen LogP contribution is -2.48. The van der Waals surface area contributed by atoms with E-state index in [2.05, 4.69) is 71.4 Å². The van der Waals surface area contributed by atoms with Gasteiger partial charge in [-0.25, -0.2) is 4.99 Å². The molecule has 0 amide bonds. The summed E-state index contributed by atoms with van der Waals surface area (Å²) in [5.41, 5.74) is 5.70. The molecule has 0 saturated carbocycles. The molecule has 0 bridgehead atoms. The standard InChI is InChI=1S/C20H24N4/c1-3-23-10-12-24(13-11-23)20-16-14-15(2)8-9-17(16)21-18-6-4-5-7-19(18)22-20/h4-9,14,21H,3,10-13H2,1-2H3. The third kappa shape index (κ3) is 2.78. The number of nitrogens with zero attached hydrogens (tertiary/aromatic N) is 3. The third-order valence-corrected chi connectivity index (χ3v) is 4.93. The van der Waals surface area contributed by atoms with Crippen molar-refractivity contribution in [3.05, 3.63) is 53.6 Å². The normalized spacial score (nSPS) is 17.4. The molecule has 0 aliphatic carbocycles. The Morgan fingerprint density at radius 1 is 1.00 bits per heavy atom. The van der Waals surface area contributed by atoms with Crippen molar-refractivity contribution >= 4 is 22.9 Å². The average Bonchev–Trinajstić information content (AvgIpc) is 2.78. The Bertz CT molecular complexity index is 773. The Morgan fingerprint density at radius 2 is 1.79 bits per heavy atom. The van der Waals surface area contributed by atoms with Gasteiger partial charge in [0.05, 0.1) is 11.4 Å². The highest BCUT2D eigenvalue weighted by atomic mass is 15.3. The van der Waals surface area contributed by atoms with Crippen molar-refractivity contribution in [1.29, 1.82) is 0 Å².